The lowest BCUT2D eigenvalue weighted by Crippen LogP contribution is -2.00. The summed E-state index contributed by atoms with van der Waals surface area (Å²) in [7, 11) is 0. The van der Waals surface area contributed by atoms with Crippen molar-refractivity contribution in [3.05, 3.63) is 87.5 Å². The first-order valence-corrected chi connectivity index (χ1v) is 19.4. The van der Waals surface area contributed by atoms with Crippen LogP contribution in [0.1, 0.15) is 175 Å². The number of rotatable bonds is 25. The van der Waals surface area contributed by atoms with Crippen LogP contribution in [-0.4, -0.2) is 15.3 Å². The number of phenolic OH excluding ortho intramolecular Hbond substituents is 3. The zero-order chi connectivity index (χ0) is 33.7. The van der Waals surface area contributed by atoms with Gasteiger partial charge in [-0.1, -0.05) is 153 Å². The van der Waals surface area contributed by atoms with Gasteiger partial charge < -0.3 is 15.3 Å². The Morgan fingerprint density at radius 2 is 0.681 bits per heavy atom. The topological polar surface area (TPSA) is 60.7 Å². The van der Waals surface area contributed by atoms with Gasteiger partial charge in [-0.25, -0.2) is 0 Å². The van der Waals surface area contributed by atoms with Crippen molar-refractivity contribution in [3.8, 4) is 17.2 Å². The molecule has 0 unspecified atom stereocenters. The maximum atomic E-state index is 11.7. The van der Waals surface area contributed by atoms with Crippen LogP contribution >= 0.6 is 0 Å². The van der Waals surface area contributed by atoms with E-state index in [9.17, 15) is 15.3 Å². The molecule has 260 valence electrons. The lowest BCUT2D eigenvalue weighted by Gasteiger charge is -2.16. The van der Waals surface area contributed by atoms with E-state index in [1.807, 2.05) is 24.3 Å². The van der Waals surface area contributed by atoms with Crippen molar-refractivity contribution in [2.24, 2.45) is 0 Å². The Labute approximate surface area is 287 Å². The Morgan fingerprint density at radius 3 is 1.06 bits per heavy atom. The Balaban J connectivity index is 1.78. The number of hydrogen-bond donors (Lipinski definition) is 3. The normalized spacial score (nSPS) is 11.4. The van der Waals surface area contributed by atoms with Gasteiger partial charge in [0.1, 0.15) is 17.2 Å². The molecule has 0 aromatic heterocycles. The van der Waals surface area contributed by atoms with Crippen LogP contribution in [0, 0.1) is 0 Å². The Morgan fingerprint density at radius 1 is 0.362 bits per heavy atom. The smallest absolute Gasteiger partial charge is 0.122 e. The van der Waals surface area contributed by atoms with Crippen molar-refractivity contribution in [2.75, 3.05) is 0 Å². The number of phenols is 3. The zero-order valence-corrected chi connectivity index (χ0v) is 30.2. The third-order valence-corrected chi connectivity index (χ3v) is 9.83. The quantitative estimate of drug-likeness (QED) is 0.0806. The highest BCUT2D eigenvalue weighted by molar-refractivity contribution is 5.51. The molecule has 0 spiro atoms. The molecule has 3 aromatic rings. The molecule has 0 saturated carbocycles. The summed E-state index contributed by atoms with van der Waals surface area (Å²) < 4.78 is 0. The van der Waals surface area contributed by atoms with E-state index in [1.54, 1.807) is 0 Å². The first-order chi connectivity index (χ1) is 22.9. The molecule has 0 heterocycles. The molecular weight excluding hydrogens is 576 g/mol. The molecule has 47 heavy (non-hydrogen) atoms. The van der Waals surface area contributed by atoms with Gasteiger partial charge in [0.15, 0.2) is 0 Å². The molecule has 3 heteroatoms. The standard InChI is InChI=1S/C44H66O3/c1-4-7-10-13-16-19-22-35-25-27-42(45)38(29-35)33-40-31-37(24-21-18-15-12-9-6-3)32-41(44(40)47)34-39-30-36(26-28-43(39)46)23-20-17-14-11-8-5-2/h25-32,45-47H,4-24,33-34H2,1-3H3. The average molecular weight is 643 g/mol. The highest BCUT2D eigenvalue weighted by Crippen LogP contribution is 2.34. The number of aryl methyl sites for hydroxylation is 3. The fraction of sp³-hybridized carbons (Fsp3) is 0.591. The lowest BCUT2D eigenvalue weighted by molar-refractivity contribution is 0.456. The lowest BCUT2D eigenvalue weighted by atomic mass is 9.91. The summed E-state index contributed by atoms with van der Waals surface area (Å²) in [5, 5.41) is 33.4. The van der Waals surface area contributed by atoms with Crippen LogP contribution < -0.4 is 0 Å². The van der Waals surface area contributed by atoms with Crippen molar-refractivity contribution in [3.63, 3.8) is 0 Å². The highest BCUT2D eigenvalue weighted by Gasteiger charge is 2.16. The summed E-state index contributed by atoms with van der Waals surface area (Å²) in [4.78, 5) is 0. The maximum Gasteiger partial charge on any atom is 0.122 e. The number of aromatic hydroxyl groups is 3. The van der Waals surface area contributed by atoms with Crippen LogP contribution in [0.5, 0.6) is 17.2 Å². The largest absolute Gasteiger partial charge is 0.508 e. The van der Waals surface area contributed by atoms with E-state index in [0.29, 0.717) is 24.3 Å². The summed E-state index contributed by atoms with van der Waals surface area (Å²) in [5.41, 5.74) is 7.20. The number of unbranched alkanes of at least 4 members (excludes halogenated alkanes) is 15. The monoisotopic (exact) mass is 643 g/mol. The Kier molecular flexibility index (Phi) is 18.5. The number of benzene rings is 3. The van der Waals surface area contributed by atoms with Crippen molar-refractivity contribution >= 4 is 0 Å². The van der Waals surface area contributed by atoms with Crippen molar-refractivity contribution < 1.29 is 15.3 Å². The molecule has 3 aromatic carbocycles. The van der Waals surface area contributed by atoms with E-state index in [1.165, 1.54) is 126 Å². The average Bonchev–Trinajstić information content (AvgIpc) is 3.07. The first-order valence-electron chi connectivity index (χ1n) is 19.4. The maximum absolute atomic E-state index is 11.7. The van der Waals surface area contributed by atoms with E-state index in [0.717, 1.165) is 47.9 Å². The van der Waals surface area contributed by atoms with Gasteiger partial charge in [-0.3, -0.25) is 0 Å². The van der Waals surface area contributed by atoms with Crippen LogP contribution in [0.3, 0.4) is 0 Å². The predicted octanol–water partition coefficient (Wildman–Crippen LogP) is 12.7. The molecule has 0 radical (unpaired) electrons. The minimum atomic E-state index is 0.290. The summed E-state index contributed by atoms with van der Waals surface area (Å²) in [6.45, 7) is 6.76. The fourth-order valence-electron chi connectivity index (χ4n) is 6.86. The summed E-state index contributed by atoms with van der Waals surface area (Å²) >= 11 is 0. The van der Waals surface area contributed by atoms with Crippen molar-refractivity contribution in [1.29, 1.82) is 0 Å². The molecule has 0 aliphatic heterocycles. The molecular formula is C44H66O3. The first kappa shape index (κ1) is 38.5. The number of hydrogen-bond acceptors (Lipinski definition) is 3. The van der Waals surface area contributed by atoms with Crippen LogP contribution in [-0.2, 0) is 32.1 Å². The molecule has 0 saturated heterocycles. The van der Waals surface area contributed by atoms with Gasteiger partial charge in [-0.2, -0.15) is 0 Å². The van der Waals surface area contributed by atoms with E-state index >= 15 is 0 Å². The molecule has 3 rings (SSSR count). The second-order valence-corrected chi connectivity index (χ2v) is 14.1. The molecule has 0 amide bonds. The third-order valence-electron chi connectivity index (χ3n) is 9.83. The van der Waals surface area contributed by atoms with Gasteiger partial charge in [-0.15, -0.1) is 0 Å². The Hall–Kier alpha value is -2.94. The zero-order valence-electron chi connectivity index (χ0n) is 30.2. The fourth-order valence-corrected chi connectivity index (χ4v) is 6.86. The summed E-state index contributed by atoms with van der Waals surface area (Å²) in [6, 6.07) is 16.3. The van der Waals surface area contributed by atoms with Crippen LogP contribution in [0.2, 0.25) is 0 Å². The summed E-state index contributed by atoms with van der Waals surface area (Å²) in [6.07, 6.45) is 26.6. The van der Waals surface area contributed by atoms with Crippen LogP contribution in [0.4, 0.5) is 0 Å². The van der Waals surface area contributed by atoms with E-state index in [2.05, 4.69) is 45.0 Å². The second-order valence-electron chi connectivity index (χ2n) is 14.1. The van der Waals surface area contributed by atoms with E-state index in [4.69, 9.17) is 0 Å². The molecule has 0 fully saturated rings. The SMILES string of the molecule is CCCCCCCCc1ccc(O)c(Cc2cc(CCCCCCCC)cc(Cc3cc(CCCCCCCC)ccc3O)c2O)c1. The van der Waals surface area contributed by atoms with Gasteiger partial charge in [0.25, 0.3) is 0 Å². The molecule has 3 N–H and O–H groups in total. The van der Waals surface area contributed by atoms with Gasteiger partial charge >= 0.3 is 0 Å². The molecule has 3 nitrogen and oxygen atoms in total. The summed E-state index contributed by atoms with van der Waals surface area (Å²) in [5.74, 6) is 0.871. The minimum Gasteiger partial charge on any atom is -0.508 e. The van der Waals surface area contributed by atoms with Gasteiger partial charge in [0.05, 0.1) is 0 Å². The van der Waals surface area contributed by atoms with Crippen LogP contribution in [0.15, 0.2) is 48.5 Å². The molecule has 0 aliphatic rings. The van der Waals surface area contributed by atoms with Gasteiger partial charge in [0.2, 0.25) is 0 Å². The van der Waals surface area contributed by atoms with Crippen LogP contribution in [0.25, 0.3) is 0 Å². The Bertz CT molecular complexity index is 1200. The van der Waals surface area contributed by atoms with E-state index in [-0.39, 0.29) is 5.75 Å². The molecule has 0 aliphatic carbocycles. The molecule has 0 atom stereocenters. The van der Waals surface area contributed by atoms with Gasteiger partial charge in [-0.05, 0) is 89.6 Å². The van der Waals surface area contributed by atoms with Gasteiger partial charge in [0, 0.05) is 12.8 Å². The van der Waals surface area contributed by atoms with Crippen molar-refractivity contribution in [1.82, 2.24) is 0 Å². The second kappa shape index (κ2) is 22.6. The predicted molar refractivity (Wildman–Crippen MR) is 201 cm³/mol. The third kappa shape index (κ3) is 14.4. The van der Waals surface area contributed by atoms with Crippen molar-refractivity contribution in [2.45, 2.75) is 168 Å². The molecule has 0 bridgehead atoms. The minimum absolute atomic E-state index is 0.290. The van der Waals surface area contributed by atoms with E-state index < -0.39 is 0 Å². The highest BCUT2D eigenvalue weighted by atomic mass is 16.3.